The Morgan fingerprint density at radius 1 is 1.16 bits per heavy atom. The predicted molar refractivity (Wildman–Crippen MR) is 95.2 cm³/mol. The molecule has 2 fully saturated rings. The Kier molecular flexibility index (Phi) is 4.40. The van der Waals surface area contributed by atoms with Gasteiger partial charge in [-0.2, -0.15) is 0 Å². The summed E-state index contributed by atoms with van der Waals surface area (Å²) < 4.78 is 6.18. The lowest BCUT2D eigenvalue weighted by atomic mass is 9.99. The minimum Gasteiger partial charge on any atom is -0.490 e. The molecule has 2 saturated heterocycles. The third-order valence-corrected chi connectivity index (χ3v) is 5.33. The quantitative estimate of drug-likeness (QED) is 0.911. The maximum absolute atomic E-state index is 11.3. The second-order valence-corrected chi connectivity index (χ2v) is 6.98. The smallest absolute Gasteiger partial charge is 0.248 e. The van der Waals surface area contributed by atoms with Crippen LogP contribution in [-0.4, -0.2) is 34.0 Å². The molecule has 25 heavy (non-hydrogen) atoms. The molecule has 5 nitrogen and oxygen atoms in total. The molecule has 3 heterocycles. The Hall–Kier alpha value is -2.40. The molecule has 0 radical (unpaired) electrons. The molecule has 1 aromatic carbocycles. The molecule has 1 unspecified atom stereocenters. The van der Waals surface area contributed by atoms with E-state index in [1.165, 1.54) is 12.8 Å². The van der Waals surface area contributed by atoms with E-state index in [1.54, 1.807) is 12.1 Å². The number of fused-ring (bicyclic) bond motifs is 2. The number of amides is 1. The first-order valence-electron chi connectivity index (χ1n) is 8.91. The highest BCUT2D eigenvalue weighted by Crippen LogP contribution is 2.38. The van der Waals surface area contributed by atoms with Crippen LogP contribution >= 0.6 is 0 Å². The molecule has 0 spiro atoms. The Morgan fingerprint density at radius 3 is 2.64 bits per heavy atom. The van der Waals surface area contributed by atoms with Crippen molar-refractivity contribution < 1.29 is 9.53 Å². The molecule has 0 aliphatic carbocycles. The van der Waals surface area contributed by atoms with Gasteiger partial charge in [-0.15, -0.1) is 0 Å². The maximum Gasteiger partial charge on any atom is 0.248 e. The highest BCUT2D eigenvalue weighted by Gasteiger charge is 2.41. The number of nitrogens with zero attached hydrogens (tertiary/aromatic N) is 2. The van der Waals surface area contributed by atoms with Crippen molar-refractivity contribution in [2.75, 3.05) is 0 Å². The maximum atomic E-state index is 11.3. The summed E-state index contributed by atoms with van der Waals surface area (Å²) in [6.07, 6.45) is 6.53. The number of ether oxygens (including phenoxy) is 1. The molecule has 2 aromatic rings. The van der Waals surface area contributed by atoms with Gasteiger partial charge >= 0.3 is 0 Å². The van der Waals surface area contributed by atoms with Crippen LogP contribution in [0.1, 0.15) is 41.7 Å². The van der Waals surface area contributed by atoms with Crippen LogP contribution in [0, 0.1) is 0 Å². The van der Waals surface area contributed by atoms with Crippen molar-refractivity contribution in [1.82, 2.24) is 9.88 Å². The number of primary amides is 1. The lowest BCUT2D eigenvalue weighted by Gasteiger charge is -2.38. The van der Waals surface area contributed by atoms with Crippen molar-refractivity contribution in [3.8, 4) is 5.75 Å². The van der Waals surface area contributed by atoms with Gasteiger partial charge in [-0.25, -0.2) is 0 Å². The van der Waals surface area contributed by atoms with Crippen molar-refractivity contribution in [2.24, 2.45) is 5.73 Å². The zero-order valence-corrected chi connectivity index (χ0v) is 14.2. The van der Waals surface area contributed by atoms with Crippen LogP contribution in [-0.2, 0) is 6.54 Å². The van der Waals surface area contributed by atoms with E-state index in [2.05, 4.69) is 16.0 Å². The second kappa shape index (κ2) is 6.84. The van der Waals surface area contributed by atoms with E-state index in [4.69, 9.17) is 10.5 Å². The molecule has 0 saturated carbocycles. The summed E-state index contributed by atoms with van der Waals surface area (Å²) in [5.41, 5.74) is 6.98. The minimum atomic E-state index is -0.421. The number of benzene rings is 1. The van der Waals surface area contributed by atoms with Gasteiger partial charge in [0.2, 0.25) is 5.91 Å². The standard InChI is InChI=1S/C20H23N3O2/c21-20(24)14-4-3-6-18(10-14)25-19-11-16-7-8-17(12-19)23(16)13-15-5-1-2-9-22-15/h1-6,9-10,16-17,19H,7-8,11-13H2,(H2,21,24)/t16-,17+,19?. The van der Waals surface area contributed by atoms with Gasteiger partial charge in [0, 0.05) is 30.4 Å². The number of pyridine rings is 1. The van der Waals surface area contributed by atoms with E-state index in [0.29, 0.717) is 17.6 Å². The lowest BCUT2D eigenvalue weighted by Crippen LogP contribution is -2.45. The molecular formula is C20H23N3O2. The van der Waals surface area contributed by atoms with E-state index in [9.17, 15) is 4.79 Å². The Balaban J connectivity index is 1.41. The Bertz CT molecular complexity index is 736. The molecule has 2 aliphatic heterocycles. The molecule has 130 valence electrons. The summed E-state index contributed by atoms with van der Waals surface area (Å²) in [6, 6.07) is 14.4. The largest absolute Gasteiger partial charge is 0.490 e. The number of carbonyl (C=O) groups excluding carboxylic acids is 1. The SMILES string of the molecule is NC(=O)c1cccc(OC2C[C@H]3CC[C@@H](C2)N3Cc2ccccn2)c1. The number of hydrogen-bond donors (Lipinski definition) is 1. The van der Waals surface area contributed by atoms with Gasteiger partial charge in [-0.05, 0) is 56.0 Å². The van der Waals surface area contributed by atoms with Crippen LogP contribution < -0.4 is 10.5 Å². The third kappa shape index (κ3) is 3.51. The van der Waals surface area contributed by atoms with E-state index in [1.807, 2.05) is 30.5 Å². The normalized spacial score (nSPS) is 25.7. The fraction of sp³-hybridized carbons (Fsp3) is 0.400. The zero-order chi connectivity index (χ0) is 17.2. The molecule has 1 aromatic heterocycles. The second-order valence-electron chi connectivity index (χ2n) is 6.98. The van der Waals surface area contributed by atoms with Gasteiger partial charge in [-0.1, -0.05) is 12.1 Å². The first kappa shape index (κ1) is 16.1. The summed E-state index contributed by atoms with van der Waals surface area (Å²) in [4.78, 5) is 18.4. The molecule has 3 atom stereocenters. The van der Waals surface area contributed by atoms with Crippen molar-refractivity contribution in [1.29, 1.82) is 0 Å². The van der Waals surface area contributed by atoms with Gasteiger partial charge in [0.1, 0.15) is 11.9 Å². The number of aromatic nitrogens is 1. The van der Waals surface area contributed by atoms with Gasteiger partial charge in [-0.3, -0.25) is 14.7 Å². The number of piperidine rings is 1. The monoisotopic (exact) mass is 337 g/mol. The van der Waals surface area contributed by atoms with Crippen LogP contribution in [0.4, 0.5) is 0 Å². The van der Waals surface area contributed by atoms with Crippen molar-refractivity contribution in [2.45, 2.75) is 50.4 Å². The van der Waals surface area contributed by atoms with Crippen LogP contribution in [0.5, 0.6) is 5.75 Å². The van der Waals surface area contributed by atoms with Crippen molar-refractivity contribution in [3.63, 3.8) is 0 Å². The average molecular weight is 337 g/mol. The average Bonchev–Trinajstić information content (AvgIpc) is 2.85. The first-order valence-corrected chi connectivity index (χ1v) is 8.91. The number of carbonyl (C=O) groups is 1. The molecule has 1 amide bonds. The Labute approximate surface area is 147 Å². The van der Waals surface area contributed by atoms with Gasteiger partial charge in [0.15, 0.2) is 0 Å². The van der Waals surface area contributed by atoms with Crippen LogP contribution in [0.25, 0.3) is 0 Å². The number of nitrogens with two attached hydrogens (primary N) is 1. The fourth-order valence-corrected chi connectivity index (χ4v) is 4.17. The van der Waals surface area contributed by atoms with Gasteiger partial charge < -0.3 is 10.5 Å². The summed E-state index contributed by atoms with van der Waals surface area (Å²) in [7, 11) is 0. The number of hydrogen-bond acceptors (Lipinski definition) is 4. The van der Waals surface area contributed by atoms with E-state index < -0.39 is 5.91 Å². The third-order valence-electron chi connectivity index (χ3n) is 5.33. The summed E-state index contributed by atoms with van der Waals surface area (Å²) >= 11 is 0. The highest BCUT2D eigenvalue weighted by atomic mass is 16.5. The first-order chi connectivity index (χ1) is 12.2. The molecule has 2 N–H and O–H groups in total. The van der Waals surface area contributed by atoms with Gasteiger partial charge in [0.05, 0.1) is 5.69 Å². The summed E-state index contributed by atoms with van der Waals surface area (Å²) in [6.45, 7) is 0.917. The van der Waals surface area contributed by atoms with Crippen molar-refractivity contribution >= 4 is 5.91 Å². The summed E-state index contributed by atoms with van der Waals surface area (Å²) in [5, 5.41) is 0. The Morgan fingerprint density at radius 2 is 1.96 bits per heavy atom. The molecule has 4 rings (SSSR count). The van der Waals surface area contributed by atoms with Crippen LogP contribution in [0.15, 0.2) is 48.7 Å². The van der Waals surface area contributed by atoms with E-state index in [-0.39, 0.29) is 6.10 Å². The molecular weight excluding hydrogens is 314 g/mol. The predicted octanol–water partition coefficient (Wildman–Crippen LogP) is 2.75. The van der Waals surface area contributed by atoms with E-state index >= 15 is 0 Å². The lowest BCUT2D eigenvalue weighted by molar-refractivity contribution is 0.0437. The number of rotatable bonds is 5. The van der Waals surface area contributed by atoms with Crippen molar-refractivity contribution in [3.05, 3.63) is 59.9 Å². The fourth-order valence-electron chi connectivity index (χ4n) is 4.17. The molecule has 2 bridgehead atoms. The van der Waals surface area contributed by atoms with Crippen LogP contribution in [0.2, 0.25) is 0 Å². The molecule has 2 aliphatic rings. The van der Waals surface area contributed by atoms with Gasteiger partial charge in [0.25, 0.3) is 0 Å². The van der Waals surface area contributed by atoms with Crippen LogP contribution in [0.3, 0.4) is 0 Å². The molecule has 5 heteroatoms. The highest BCUT2D eigenvalue weighted by molar-refractivity contribution is 5.93. The minimum absolute atomic E-state index is 0.195. The van der Waals surface area contributed by atoms with E-state index in [0.717, 1.165) is 30.8 Å². The summed E-state index contributed by atoms with van der Waals surface area (Å²) in [5.74, 6) is 0.314. The zero-order valence-electron chi connectivity index (χ0n) is 14.2. The topological polar surface area (TPSA) is 68.5 Å².